The monoisotopic (exact) mass is 402 g/mol. The zero-order chi connectivity index (χ0) is 18.6. The summed E-state index contributed by atoms with van der Waals surface area (Å²) >= 11 is 0. The van der Waals surface area contributed by atoms with Crippen molar-refractivity contribution in [1.82, 2.24) is 15.1 Å². The van der Waals surface area contributed by atoms with E-state index in [9.17, 15) is 9.18 Å². The Morgan fingerprint density at radius 1 is 1.25 bits per heavy atom. The van der Waals surface area contributed by atoms with E-state index in [1.807, 2.05) is 24.3 Å². The van der Waals surface area contributed by atoms with Crippen molar-refractivity contribution < 1.29 is 13.9 Å². The Kier molecular flexibility index (Phi) is 6.41. The largest absolute Gasteiger partial charge is 0.371 e. The minimum Gasteiger partial charge on any atom is -0.371 e. The van der Waals surface area contributed by atoms with Crippen LogP contribution < -0.4 is 10.6 Å². The van der Waals surface area contributed by atoms with Gasteiger partial charge < -0.3 is 15.4 Å². The summed E-state index contributed by atoms with van der Waals surface area (Å²) in [6.45, 7) is 2.34. The van der Waals surface area contributed by atoms with Crippen LogP contribution in [0.15, 0.2) is 60.9 Å². The molecule has 0 radical (unpaired) electrons. The highest BCUT2D eigenvalue weighted by atomic mass is 35.5. The van der Waals surface area contributed by atoms with Crippen molar-refractivity contribution >= 4 is 24.0 Å². The number of hydrogen-bond acceptors (Lipinski definition) is 4. The van der Waals surface area contributed by atoms with E-state index in [1.165, 1.54) is 23.0 Å². The van der Waals surface area contributed by atoms with Gasteiger partial charge in [0.1, 0.15) is 5.82 Å². The molecule has 1 fully saturated rings. The maximum atomic E-state index is 13.3. The number of benzene rings is 2. The first-order valence-corrected chi connectivity index (χ1v) is 8.73. The number of aromatic nitrogens is 2. The molecule has 28 heavy (non-hydrogen) atoms. The summed E-state index contributed by atoms with van der Waals surface area (Å²) in [4.78, 5) is 12.4. The van der Waals surface area contributed by atoms with Gasteiger partial charge in [-0.2, -0.15) is 5.10 Å². The number of carbonyl (C=O) groups is 1. The van der Waals surface area contributed by atoms with E-state index in [0.29, 0.717) is 23.5 Å². The highest BCUT2D eigenvalue weighted by molar-refractivity contribution is 6.04. The van der Waals surface area contributed by atoms with E-state index >= 15 is 0 Å². The second-order valence-electron chi connectivity index (χ2n) is 6.29. The molecular formula is C20H20ClFN4O2. The van der Waals surface area contributed by atoms with E-state index in [-0.39, 0.29) is 30.2 Å². The van der Waals surface area contributed by atoms with Gasteiger partial charge in [-0.25, -0.2) is 9.07 Å². The number of hydrogen-bond donors (Lipinski definition) is 2. The molecule has 8 heteroatoms. The number of amides is 1. The second kappa shape index (κ2) is 8.97. The third-order valence-electron chi connectivity index (χ3n) is 4.39. The van der Waals surface area contributed by atoms with Gasteiger partial charge in [-0.05, 0) is 35.9 Å². The number of nitrogens with zero attached hydrogens (tertiary/aromatic N) is 2. The Balaban J connectivity index is 0.00000225. The third kappa shape index (κ3) is 4.56. The molecule has 0 spiro atoms. The summed E-state index contributed by atoms with van der Waals surface area (Å²) in [7, 11) is 0. The first-order chi connectivity index (χ1) is 13.2. The lowest BCUT2D eigenvalue weighted by molar-refractivity contribution is 0.0277. The number of rotatable bonds is 4. The molecule has 146 valence electrons. The van der Waals surface area contributed by atoms with E-state index in [0.717, 1.165) is 18.7 Å². The minimum absolute atomic E-state index is 0. The lowest BCUT2D eigenvalue weighted by Gasteiger charge is -2.24. The molecule has 1 aliphatic rings. The SMILES string of the molecule is Cl.O=C(Nc1ccc([C@H]2CNCCO2)cc1)c1cnn(-c2cccc(F)c2)c1. The number of nitrogens with one attached hydrogen (secondary N) is 2. The molecule has 2 aromatic carbocycles. The van der Waals surface area contributed by atoms with Gasteiger partial charge in [0.25, 0.3) is 5.91 Å². The van der Waals surface area contributed by atoms with Gasteiger partial charge in [0.2, 0.25) is 0 Å². The normalized spacial score (nSPS) is 16.2. The molecular weight excluding hydrogens is 383 g/mol. The smallest absolute Gasteiger partial charge is 0.258 e. The van der Waals surface area contributed by atoms with Crippen molar-refractivity contribution in [2.45, 2.75) is 6.10 Å². The van der Waals surface area contributed by atoms with Crippen molar-refractivity contribution in [2.75, 3.05) is 25.0 Å². The molecule has 1 amide bonds. The maximum Gasteiger partial charge on any atom is 0.258 e. The van der Waals surface area contributed by atoms with Crippen LogP contribution in [0.25, 0.3) is 5.69 Å². The Morgan fingerprint density at radius 3 is 2.79 bits per heavy atom. The Labute approximate surface area is 168 Å². The van der Waals surface area contributed by atoms with Crippen LogP contribution in [0.2, 0.25) is 0 Å². The summed E-state index contributed by atoms with van der Waals surface area (Å²) in [5, 5.41) is 10.3. The van der Waals surface area contributed by atoms with Gasteiger partial charge in [-0.1, -0.05) is 18.2 Å². The van der Waals surface area contributed by atoms with Gasteiger partial charge >= 0.3 is 0 Å². The summed E-state index contributed by atoms with van der Waals surface area (Å²) in [6.07, 6.45) is 3.06. The average Bonchev–Trinajstić information content (AvgIpc) is 3.20. The third-order valence-corrected chi connectivity index (χ3v) is 4.39. The molecule has 1 aromatic heterocycles. The Bertz CT molecular complexity index is 939. The second-order valence-corrected chi connectivity index (χ2v) is 6.29. The van der Waals surface area contributed by atoms with Crippen molar-refractivity contribution in [3.05, 3.63) is 77.9 Å². The first-order valence-electron chi connectivity index (χ1n) is 8.73. The van der Waals surface area contributed by atoms with Crippen molar-refractivity contribution in [2.24, 2.45) is 0 Å². The molecule has 0 bridgehead atoms. The fraction of sp³-hybridized carbons (Fsp3) is 0.200. The van der Waals surface area contributed by atoms with E-state index in [4.69, 9.17) is 4.74 Å². The molecule has 0 aliphatic carbocycles. The standard InChI is InChI=1S/C20H19FN4O2.ClH/c21-16-2-1-3-18(10-16)25-13-15(11-23-25)20(26)24-17-6-4-14(5-7-17)19-12-22-8-9-27-19;/h1-7,10-11,13,19,22H,8-9,12H2,(H,24,26);1H/t19-;/m1./s1. The van der Waals surface area contributed by atoms with Crippen LogP contribution >= 0.6 is 12.4 Å². The van der Waals surface area contributed by atoms with Gasteiger partial charge in [0.05, 0.1) is 30.2 Å². The van der Waals surface area contributed by atoms with E-state index in [2.05, 4.69) is 15.7 Å². The molecule has 4 rings (SSSR count). The number of anilines is 1. The number of halogens is 2. The summed E-state index contributed by atoms with van der Waals surface area (Å²) < 4.78 is 20.5. The fourth-order valence-corrected chi connectivity index (χ4v) is 2.96. The molecule has 2 N–H and O–H groups in total. The highest BCUT2D eigenvalue weighted by Crippen LogP contribution is 2.21. The van der Waals surface area contributed by atoms with Crippen LogP contribution in [0, 0.1) is 5.82 Å². The minimum atomic E-state index is -0.355. The zero-order valence-corrected chi connectivity index (χ0v) is 15.8. The molecule has 6 nitrogen and oxygen atoms in total. The van der Waals surface area contributed by atoms with Crippen molar-refractivity contribution in [1.29, 1.82) is 0 Å². The van der Waals surface area contributed by atoms with Gasteiger partial charge in [0, 0.05) is 25.0 Å². The van der Waals surface area contributed by atoms with Crippen LogP contribution in [-0.4, -0.2) is 35.4 Å². The summed E-state index contributed by atoms with van der Waals surface area (Å²) in [5.41, 5.74) is 2.70. The zero-order valence-electron chi connectivity index (χ0n) is 15.0. The van der Waals surface area contributed by atoms with Crippen molar-refractivity contribution in [3.63, 3.8) is 0 Å². The Hall–Kier alpha value is -2.74. The number of ether oxygens (including phenoxy) is 1. The van der Waals surface area contributed by atoms with Crippen LogP contribution in [0.1, 0.15) is 22.0 Å². The first kappa shape index (κ1) is 20.0. The summed E-state index contributed by atoms with van der Waals surface area (Å²) in [5.74, 6) is -0.632. The van der Waals surface area contributed by atoms with Crippen LogP contribution in [0.3, 0.4) is 0 Å². The molecule has 0 unspecified atom stereocenters. The van der Waals surface area contributed by atoms with E-state index < -0.39 is 0 Å². The lowest BCUT2D eigenvalue weighted by Crippen LogP contribution is -2.33. The molecule has 1 aliphatic heterocycles. The maximum absolute atomic E-state index is 13.3. The lowest BCUT2D eigenvalue weighted by atomic mass is 10.1. The van der Waals surface area contributed by atoms with Crippen LogP contribution in [0.5, 0.6) is 0 Å². The number of carbonyl (C=O) groups excluding carboxylic acids is 1. The van der Waals surface area contributed by atoms with Gasteiger partial charge in [0.15, 0.2) is 0 Å². The summed E-state index contributed by atoms with van der Waals surface area (Å²) in [6, 6.07) is 13.6. The molecule has 2 heterocycles. The highest BCUT2D eigenvalue weighted by Gasteiger charge is 2.16. The molecule has 0 saturated carbocycles. The molecule has 1 saturated heterocycles. The quantitative estimate of drug-likeness (QED) is 0.702. The Morgan fingerprint density at radius 2 is 2.07 bits per heavy atom. The molecule has 1 atom stereocenters. The topological polar surface area (TPSA) is 68.2 Å². The molecule has 3 aromatic rings. The predicted octanol–water partition coefficient (Wildman–Crippen LogP) is 3.35. The van der Waals surface area contributed by atoms with E-state index in [1.54, 1.807) is 18.3 Å². The van der Waals surface area contributed by atoms with Crippen LogP contribution in [-0.2, 0) is 4.74 Å². The van der Waals surface area contributed by atoms with Crippen LogP contribution in [0.4, 0.5) is 10.1 Å². The van der Waals surface area contributed by atoms with Gasteiger partial charge in [-0.3, -0.25) is 4.79 Å². The number of morpholine rings is 1. The predicted molar refractivity (Wildman–Crippen MR) is 107 cm³/mol. The average molecular weight is 403 g/mol. The fourth-order valence-electron chi connectivity index (χ4n) is 2.96. The van der Waals surface area contributed by atoms with Crippen molar-refractivity contribution in [3.8, 4) is 5.69 Å². The van der Waals surface area contributed by atoms with Gasteiger partial charge in [-0.15, -0.1) is 12.4 Å².